The number of carbonyl (C=O) groups excluding carboxylic acids is 2. The van der Waals surface area contributed by atoms with Crippen LogP contribution in [0.1, 0.15) is 15.9 Å². The molecule has 2 aromatic carbocycles. The van der Waals surface area contributed by atoms with Gasteiger partial charge in [0.15, 0.2) is 9.84 Å². The highest BCUT2D eigenvalue weighted by atomic mass is 35.5. The lowest BCUT2D eigenvalue weighted by atomic mass is 10.1. The Bertz CT molecular complexity index is 1160. The van der Waals surface area contributed by atoms with Crippen LogP contribution in [0.3, 0.4) is 0 Å². The number of nitrogens with one attached hydrogen (secondary N) is 2. The normalized spacial score (nSPS) is 15.8. The first-order valence-electron chi connectivity index (χ1n) is 9.10. The highest BCUT2D eigenvalue weighted by Gasteiger charge is 2.33. The van der Waals surface area contributed by atoms with Crippen molar-refractivity contribution in [1.29, 1.82) is 0 Å². The minimum atomic E-state index is -4.79. The van der Waals surface area contributed by atoms with Crippen LogP contribution >= 0.6 is 23.2 Å². The number of urea groups is 1. The van der Waals surface area contributed by atoms with E-state index in [9.17, 15) is 31.2 Å². The standard InChI is InChI=1S/C19H16Cl2F3N3O4S/c20-14-2-1-3-15(16(14)21)26-18(29)25-13-9-11(8-12(10-13)19(22,23)24)17(28)27-4-6-32(30,31)7-5-27/h1-3,8-10H,4-7H2,(H2,25,26,29). The average Bonchev–Trinajstić information content (AvgIpc) is 2.70. The molecule has 32 heavy (non-hydrogen) atoms. The van der Waals surface area contributed by atoms with Gasteiger partial charge in [0, 0.05) is 24.3 Å². The SMILES string of the molecule is O=C(Nc1cc(C(=O)N2CCS(=O)(=O)CC2)cc(C(F)(F)F)c1)Nc1cccc(Cl)c1Cl. The van der Waals surface area contributed by atoms with Gasteiger partial charge in [0.2, 0.25) is 0 Å². The lowest BCUT2D eigenvalue weighted by Crippen LogP contribution is -2.43. The summed E-state index contributed by atoms with van der Waals surface area (Å²) < 4.78 is 63.2. The van der Waals surface area contributed by atoms with Crippen LogP contribution < -0.4 is 10.6 Å². The predicted molar refractivity (Wildman–Crippen MR) is 115 cm³/mol. The monoisotopic (exact) mass is 509 g/mol. The van der Waals surface area contributed by atoms with Crippen molar-refractivity contribution in [2.24, 2.45) is 0 Å². The summed E-state index contributed by atoms with van der Waals surface area (Å²) in [6, 6.07) is 5.96. The molecule has 0 saturated carbocycles. The number of hydrogen-bond acceptors (Lipinski definition) is 4. The molecular formula is C19H16Cl2F3N3O4S. The third-order valence-electron chi connectivity index (χ3n) is 4.60. The summed E-state index contributed by atoms with van der Waals surface area (Å²) in [7, 11) is -3.28. The Kier molecular flexibility index (Phi) is 6.91. The second-order valence-corrected chi connectivity index (χ2v) is 10.0. The van der Waals surface area contributed by atoms with E-state index in [4.69, 9.17) is 23.2 Å². The lowest BCUT2D eigenvalue weighted by Gasteiger charge is -2.27. The third-order valence-corrected chi connectivity index (χ3v) is 7.02. The van der Waals surface area contributed by atoms with Crippen LogP contribution in [-0.2, 0) is 16.0 Å². The zero-order chi connectivity index (χ0) is 23.7. The molecule has 1 aliphatic heterocycles. The maximum absolute atomic E-state index is 13.4. The van der Waals surface area contributed by atoms with E-state index in [1.165, 1.54) is 18.2 Å². The number of amides is 3. The Labute approximate surface area is 191 Å². The molecule has 2 N–H and O–H groups in total. The second-order valence-electron chi connectivity index (χ2n) is 6.92. The van der Waals surface area contributed by atoms with Crippen LogP contribution in [0.5, 0.6) is 0 Å². The van der Waals surface area contributed by atoms with Gasteiger partial charge in [-0.25, -0.2) is 13.2 Å². The summed E-state index contributed by atoms with van der Waals surface area (Å²) in [4.78, 5) is 26.2. The first kappa shape index (κ1) is 24.1. The molecule has 0 radical (unpaired) electrons. The van der Waals surface area contributed by atoms with Crippen molar-refractivity contribution in [3.05, 3.63) is 57.6 Å². The van der Waals surface area contributed by atoms with E-state index < -0.39 is 33.5 Å². The largest absolute Gasteiger partial charge is 0.416 e. The number of nitrogens with zero attached hydrogens (tertiary/aromatic N) is 1. The van der Waals surface area contributed by atoms with Crippen molar-refractivity contribution in [3.63, 3.8) is 0 Å². The van der Waals surface area contributed by atoms with Gasteiger partial charge in [-0.3, -0.25) is 4.79 Å². The number of anilines is 2. The van der Waals surface area contributed by atoms with Gasteiger partial charge >= 0.3 is 12.2 Å². The first-order chi connectivity index (χ1) is 14.9. The van der Waals surface area contributed by atoms with Crippen LogP contribution in [0.25, 0.3) is 0 Å². The summed E-state index contributed by atoms with van der Waals surface area (Å²) in [6.07, 6.45) is -4.79. The fourth-order valence-electron chi connectivity index (χ4n) is 2.97. The fourth-order valence-corrected chi connectivity index (χ4v) is 4.52. The fraction of sp³-hybridized carbons (Fsp3) is 0.263. The molecule has 0 bridgehead atoms. The maximum Gasteiger partial charge on any atom is 0.416 e. The van der Waals surface area contributed by atoms with Crippen molar-refractivity contribution >= 4 is 56.4 Å². The topological polar surface area (TPSA) is 95.6 Å². The lowest BCUT2D eigenvalue weighted by molar-refractivity contribution is -0.137. The molecule has 3 rings (SSSR count). The summed E-state index contributed by atoms with van der Waals surface area (Å²) >= 11 is 11.8. The Balaban J connectivity index is 1.85. The minimum absolute atomic E-state index is 0.0456. The molecular weight excluding hydrogens is 494 g/mol. The molecule has 0 aliphatic carbocycles. The summed E-state index contributed by atoms with van der Waals surface area (Å²) in [5, 5.41) is 4.82. The van der Waals surface area contributed by atoms with Crippen molar-refractivity contribution in [3.8, 4) is 0 Å². The molecule has 0 spiro atoms. The van der Waals surface area contributed by atoms with E-state index in [1.807, 2.05) is 0 Å². The van der Waals surface area contributed by atoms with Crippen molar-refractivity contribution in [2.75, 3.05) is 35.2 Å². The average molecular weight is 510 g/mol. The number of hydrogen-bond donors (Lipinski definition) is 2. The van der Waals surface area contributed by atoms with E-state index >= 15 is 0 Å². The molecule has 1 fully saturated rings. The van der Waals surface area contributed by atoms with Crippen LogP contribution in [0, 0.1) is 0 Å². The third kappa shape index (κ3) is 5.84. The van der Waals surface area contributed by atoms with Crippen molar-refractivity contribution < 1.29 is 31.2 Å². The Morgan fingerprint density at radius 1 is 1.00 bits per heavy atom. The molecule has 0 atom stereocenters. The van der Waals surface area contributed by atoms with Gasteiger partial charge in [0.25, 0.3) is 5.91 Å². The highest BCUT2D eigenvalue weighted by Crippen LogP contribution is 2.33. The Hall–Kier alpha value is -2.50. The van der Waals surface area contributed by atoms with Gasteiger partial charge in [-0.15, -0.1) is 0 Å². The summed E-state index contributed by atoms with van der Waals surface area (Å²) in [5.41, 5.74) is -1.64. The zero-order valence-electron chi connectivity index (χ0n) is 16.2. The molecule has 3 amide bonds. The van der Waals surface area contributed by atoms with Crippen LogP contribution in [0.2, 0.25) is 10.0 Å². The van der Waals surface area contributed by atoms with Gasteiger partial charge < -0.3 is 15.5 Å². The van der Waals surface area contributed by atoms with E-state index in [0.717, 1.165) is 11.0 Å². The number of sulfone groups is 1. The van der Waals surface area contributed by atoms with Crippen LogP contribution in [-0.4, -0.2) is 49.9 Å². The highest BCUT2D eigenvalue weighted by molar-refractivity contribution is 7.91. The molecule has 1 saturated heterocycles. The molecule has 0 aromatic heterocycles. The predicted octanol–water partition coefficient (Wildman–Crippen LogP) is 4.53. The van der Waals surface area contributed by atoms with Gasteiger partial charge in [0.05, 0.1) is 32.8 Å². The maximum atomic E-state index is 13.4. The smallest absolute Gasteiger partial charge is 0.337 e. The van der Waals surface area contributed by atoms with Crippen molar-refractivity contribution in [1.82, 2.24) is 4.90 Å². The number of benzene rings is 2. The van der Waals surface area contributed by atoms with Gasteiger partial charge in [-0.05, 0) is 30.3 Å². The van der Waals surface area contributed by atoms with Crippen molar-refractivity contribution in [2.45, 2.75) is 6.18 Å². The number of rotatable bonds is 3. The second kappa shape index (κ2) is 9.16. The van der Waals surface area contributed by atoms with E-state index in [0.29, 0.717) is 12.1 Å². The summed E-state index contributed by atoms with van der Waals surface area (Å²) in [6.45, 7) is -0.262. The van der Waals surface area contributed by atoms with Gasteiger partial charge in [-0.1, -0.05) is 29.3 Å². The van der Waals surface area contributed by atoms with Gasteiger partial charge in [-0.2, -0.15) is 13.2 Å². The number of carbonyl (C=O) groups is 2. The Morgan fingerprint density at radius 2 is 1.66 bits per heavy atom. The molecule has 2 aromatic rings. The molecule has 7 nitrogen and oxygen atoms in total. The Morgan fingerprint density at radius 3 is 2.28 bits per heavy atom. The van der Waals surface area contributed by atoms with Gasteiger partial charge in [0.1, 0.15) is 0 Å². The number of halogens is 5. The van der Waals surface area contributed by atoms with E-state index in [1.54, 1.807) is 0 Å². The molecule has 1 heterocycles. The number of alkyl halides is 3. The molecule has 1 aliphatic rings. The quantitative estimate of drug-likeness (QED) is 0.635. The first-order valence-corrected chi connectivity index (χ1v) is 11.7. The van der Waals surface area contributed by atoms with Crippen LogP contribution in [0.4, 0.5) is 29.3 Å². The molecule has 0 unspecified atom stereocenters. The van der Waals surface area contributed by atoms with Crippen LogP contribution in [0.15, 0.2) is 36.4 Å². The minimum Gasteiger partial charge on any atom is -0.337 e. The summed E-state index contributed by atoms with van der Waals surface area (Å²) in [5.74, 6) is -1.32. The van der Waals surface area contributed by atoms with E-state index in [2.05, 4.69) is 10.6 Å². The molecule has 13 heteroatoms. The van der Waals surface area contributed by atoms with E-state index in [-0.39, 0.29) is 51.6 Å². The molecule has 172 valence electrons. The zero-order valence-corrected chi connectivity index (χ0v) is 18.5.